The zero-order valence-electron chi connectivity index (χ0n) is 15.0. The molecule has 2 saturated heterocycles. The molecule has 24 heavy (non-hydrogen) atoms. The van der Waals surface area contributed by atoms with E-state index < -0.39 is 0 Å². The number of likely N-dealkylation sites (tertiary alicyclic amines) is 1. The Balaban J connectivity index is 1.65. The maximum atomic E-state index is 12.1. The molecular formula is C17H31N3O4. The molecule has 0 spiro atoms. The van der Waals surface area contributed by atoms with Crippen molar-refractivity contribution in [2.75, 3.05) is 59.6 Å². The van der Waals surface area contributed by atoms with Crippen LogP contribution in [0.25, 0.3) is 0 Å². The van der Waals surface area contributed by atoms with Crippen molar-refractivity contribution in [1.29, 1.82) is 0 Å². The first-order valence-electron chi connectivity index (χ1n) is 8.99. The van der Waals surface area contributed by atoms with Gasteiger partial charge >= 0.3 is 0 Å². The van der Waals surface area contributed by atoms with Crippen LogP contribution in [-0.4, -0.2) is 87.3 Å². The molecule has 138 valence electrons. The van der Waals surface area contributed by atoms with E-state index in [2.05, 4.69) is 17.1 Å². The molecule has 2 amide bonds. The Morgan fingerprint density at radius 1 is 1.38 bits per heavy atom. The second kappa shape index (κ2) is 9.96. The smallest absolute Gasteiger partial charge is 0.248 e. The molecule has 0 aromatic carbocycles. The number of hydrogen-bond acceptors (Lipinski definition) is 5. The highest BCUT2D eigenvalue weighted by atomic mass is 16.5. The van der Waals surface area contributed by atoms with Gasteiger partial charge in [0.25, 0.3) is 0 Å². The van der Waals surface area contributed by atoms with Gasteiger partial charge in [0, 0.05) is 33.2 Å². The molecule has 1 atom stereocenters. The van der Waals surface area contributed by atoms with Crippen LogP contribution in [0.3, 0.4) is 0 Å². The number of hydrogen-bond donors (Lipinski definition) is 1. The molecule has 0 aliphatic carbocycles. The molecule has 2 aliphatic heterocycles. The fraction of sp³-hybridized carbons (Fsp3) is 0.882. The van der Waals surface area contributed by atoms with E-state index >= 15 is 0 Å². The minimum Gasteiger partial charge on any atom is -0.383 e. The Kier molecular flexibility index (Phi) is 7.94. The largest absolute Gasteiger partial charge is 0.383 e. The van der Waals surface area contributed by atoms with Crippen LogP contribution >= 0.6 is 0 Å². The van der Waals surface area contributed by atoms with Gasteiger partial charge in [-0.3, -0.25) is 9.59 Å². The number of nitrogens with one attached hydrogen (secondary N) is 1. The third kappa shape index (κ3) is 6.03. The van der Waals surface area contributed by atoms with Crippen LogP contribution in [0, 0.1) is 5.92 Å². The average Bonchev–Trinajstić information content (AvgIpc) is 2.60. The number of ether oxygens (including phenoxy) is 2. The Morgan fingerprint density at radius 3 is 2.79 bits per heavy atom. The van der Waals surface area contributed by atoms with Crippen LogP contribution < -0.4 is 5.32 Å². The Hall–Kier alpha value is -1.18. The van der Waals surface area contributed by atoms with Gasteiger partial charge in [-0.15, -0.1) is 0 Å². The molecule has 2 heterocycles. The van der Waals surface area contributed by atoms with Gasteiger partial charge < -0.3 is 24.6 Å². The molecule has 0 radical (unpaired) electrons. The number of rotatable bonds is 8. The lowest BCUT2D eigenvalue weighted by Crippen LogP contribution is -2.51. The predicted octanol–water partition coefficient (Wildman–Crippen LogP) is 0.0984. The van der Waals surface area contributed by atoms with E-state index in [9.17, 15) is 9.59 Å². The van der Waals surface area contributed by atoms with E-state index in [-0.39, 0.29) is 24.5 Å². The van der Waals surface area contributed by atoms with E-state index in [1.165, 1.54) is 0 Å². The van der Waals surface area contributed by atoms with E-state index in [4.69, 9.17) is 9.47 Å². The summed E-state index contributed by atoms with van der Waals surface area (Å²) < 4.78 is 10.5. The van der Waals surface area contributed by atoms with Gasteiger partial charge in [0.05, 0.1) is 12.7 Å². The van der Waals surface area contributed by atoms with Gasteiger partial charge in [0.15, 0.2) is 0 Å². The van der Waals surface area contributed by atoms with Crippen molar-refractivity contribution in [3.8, 4) is 0 Å². The Labute approximate surface area is 144 Å². The molecule has 7 nitrogen and oxygen atoms in total. The highest BCUT2D eigenvalue weighted by Crippen LogP contribution is 2.20. The Bertz CT molecular complexity index is 411. The number of nitrogens with zero attached hydrogens (tertiary/aromatic N) is 2. The SMILES string of the molecule is CCN1CCC(CC(=O)NCC2CN(CCOC)C(=O)CO2)CC1. The van der Waals surface area contributed by atoms with Gasteiger partial charge in [-0.2, -0.15) is 0 Å². The summed E-state index contributed by atoms with van der Waals surface area (Å²) in [5.41, 5.74) is 0. The molecule has 2 rings (SSSR count). The van der Waals surface area contributed by atoms with Gasteiger partial charge in [-0.25, -0.2) is 0 Å². The summed E-state index contributed by atoms with van der Waals surface area (Å²) in [5.74, 6) is 0.561. The number of methoxy groups -OCH3 is 1. The highest BCUT2D eigenvalue weighted by Gasteiger charge is 2.27. The zero-order chi connectivity index (χ0) is 17.4. The van der Waals surface area contributed by atoms with Gasteiger partial charge in [0.1, 0.15) is 6.61 Å². The van der Waals surface area contributed by atoms with Crippen molar-refractivity contribution < 1.29 is 19.1 Å². The molecule has 0 saturated carbocycles. The van der Waals surface area contributed by atoms with E-state index in [0.29, 0.717) is 38.6 Å². The summed E-state index contributed by atoms with van der Waals surface area (Å²) in [6.07, 6.45) is 2.66. The van der Waals surface area contributed by atoms with Crippen molar-refractivity contribution in [2.45, 2.75) is 32.3 Å². The molecule has 1 unspecified atom stereocenters. The first-order chi connectivity index (χ1) is 11.6. The zero-order valence-corrected chi connectivity index (χ0v) is 15.0. The second-order valence-electron chi connectivity index (χ2n) is 6.65. The predicted molar refractivity (Wildman–Crippen MR) is 90.7 cm³/mol. The quantitative estimate of drug-likeness (QED) is 0.678. The summed E-state index contributed by atoms with van der Waals surface area (Å²) in [6.45, 7) is 7.60. The first kappa shape index (κ1) is 19.1. The number of carbonyl (C=O) groups is 2. The van der Waals surface area contributed by atoms with Crippen molar-refractivity contribution in [3.05, 3.63) is 0 Å². The molecule has 7 heteroatoms. The molecular weight excluding hydrogens is 310 g/mol. The lowest BCUT2D eigenvalue weighted by atomic mass is 9.93. The minimum atomic E-state index is -0.134. The monoisotopic (exact) mass is 341 g/mol. The molecule has 1 N–H and O–H groups in total. The van der Waals surface area contributed by atoms with Crippen LogP contribution in [0.4, 0.5) is 0 Å². The number of amides is 2. The third-order valence-corrected chi connectivity index (χ3v) is 4.94. The van der Waals surface area contributed by atoms with Crippen LogP contribution in [0.5, 0.6) is 0 Å². The Morgan fingerprint density at radius 2 is 2.12 bits per heavy atom. The van der Waals surface area contributed by atoms with Crippen molar-refractivity contribution in [1.82, 2.24) is 15.1 Å². The van der Waals surface area contributed by atoms with Crippen LogP contribution in [0.15, 0.2) is 0 Å². The molecule has 0 aromatic rings. The topological polar surface area (TPSA) is 71.1 Å². The summed E-state index contributed by atoms with van der Waals surface area (Å²) in [4.78, 5) is 28.1. The van der Waals surface area contributed by atoms with Crippen molar-refractivity contribution in [3.63, 3.8) is 0 Å². The fourth-order valence-electron chi connectivity index (χ4n) is 3.29. The summed E-state index contributed by atoms with van der Waals surface area (Å²) >= 11 is 0. The fourth-order valence-corrected chi connectivity index (χ4v) is 3.29. The minimum absolute atomic E-state index is 0.0164. The summed E-state index contributed by atoms with van der Waals surface area (Å²) in [7, 11) is 1.62. The average molecular weight is 341 g/mol. The molecule has 2 fully saturated rings. The highest BCUT2D eigenvalue weighted by molar-refractivity contribution is 5.78. The van der Waals surface area contributed by atoms with Crippen LogP contribution in [0.1, 0.15) is 26.2 Å². The van der Waals surface area contributed by atoms with Crippen molar-refractivity contribution in [2.24, 2.45) is 5.92 Å². The second-order valence-corrected chi connectivity index (χ2v) is 6.65. The molecule has 0 aromatic heterocycles. The van der Waals surface area contributed by atoms with Crippen molar-refractivity contribution >= 4 is 11.8 Å². The normalized spacial score (nSPS) is 23.5. The third-order valence-electron chi connectivity index (χ3n) is 4.94. The number of piperidine rings is 1. The van der Waals surface area contributed by atoms with E-state index in [0.717, 1.165) is 32.5 Å². The van der Waals surface area contributed by atoms with Gasteiger partial charge in [-0.1, -0.05) is 6.92 Å². The van der Waals surface area contributed by atoms with Crippen LogP contribution in [0.2, 0.25) is 0 Å². The van der Waals surface area contributed by atoms with E-state index in [1.807, 2.05) is 0 Å². The maximum Gasteiger partial charge on any atom is 0.248 e. The lowest BCUT2D eigenvalue weighted by Gasteiger charge is -2.33. The maximum absolute atomic E-state index is 12.1. The summed E-state index contributed by atoms with van der Waals surface area (Å²) in [5, 5.41) is 2.97. The van der Waals surface area contributed by atoms with Gasteiger partial charge in [0.2, 0.25) is 11.8 Å². The van der Waals surface area contributed by atoms with Crippen LogP contribution in [-0.2, 0) is 19.1 Å². The standard InChI is InChI=1S/C17H31N3O4/c1-3-19-6-4-14(5-7-19)10-16(21)18-11-15-12-20(8-9-23-2)17(22)13-24-15/h14-15H,3-13H2,1-2H3,(H,18,21). The molecule has 2 aliphatic rings. The summed E-state index contributed by atoms with van der Waals surface area (Å²) in [6, 6.07) is 0. The first-order valence-corrected chi connectivity index (χ1v) is 8.99. The lowest BCUT2D eigenvalue weighted by molar-refractivity contribution is -0.149. The molecule has 0 bridgehead atoms. The van der Waals surface area contributed by atoms with E-state index in [1.54, 1.807) is 12.0 Å². The number of morpholine rings is 1. The number of carbonyl (C=O) groups excluding carboxylic acids is 2. The van der Waals surface area contributed by atoms with Gasteiger partial charge in [-0.05, 0) is 38.4 Å².